The summed E-state index contributed by atoms with van der Waals surface area (Å²) in [6.45, 7) is 4.98. The molecule has 27 heavy (non-hydrogen) atoms. The third-order valence-corrected chi connectivity index (χ3v) is 5.71. The largest absolute Gasteiger partial charge is 0.361 e. The van der Waals surface area contributed by atoms with E-state index in [1.807, 2.05) is 55.9 Å². The van der Waals surface area contributed by atoms with Gasteiger partial charge in [-0.1, -0.05) is 30.3 Å². The van der Waals surface area contributed by atoms with E-state index in [1.54, 1.807) is 0 Å². The molecule has 3 rings (SSSR count). The van der Waals surface area contributed by atoms with E-state index in [4.69, 9.17) is 0 Å². The van der Waals surface area contributed by atoms with Crippen LogP contribution in [0.5, 0.6) is 0 Å². The summed E-state index contributed by atoms with van der Waals surface area (Å²) in [6.07, 6.45) is 1.03. The van der Waals surface area contributed by atoms with Crippen LogP contribution in [0.25, 0.3) is 0 Å². The number of rotatable bonds is 5. The van der Waals surface area contributed by atoms with Crippen molar-refractivity contribution in [3.8, 4) is 0 Å². The number of thioether (sulfide) groups is 1. The zero-order valence-electron chi connectivity index (χ0n) is 15.7. The minimum Gasteiger partial charge on any atom is -0.361 e. The lowest BCUT2D eigenvalue weighted by Gasteiger charge is -2.23. The number of benzene rings is 2. The molecular formula is C21H25N3O2S. The summed E-state index contributed by atoms with van der Waals surface area (Å²) in [7, 11) is 0. The van der Waals surface area contributed by atoms with Gasteiger partial charge in [0, 0.05) is 17.1 Å². The summed E-state index contributed by atoms with van der Waals surface area (Å²) >= 11 is 1.83. The Morgan fingerprint density at radius 3 is 2.56 bits per heavy atom. The molecular weight excluding hydrogens is 358 g/mol. The Kier molecular flexibility index (Phi) is 6.40. The lowest BCUT2D eigenvalue weighted by Crippen LogP contribution is -2.41. The van der Waals surface area contributed by atoms with Gasteiger partial charge in [-0.05, 0) is 49.3 Å². The Morgan fingerprint density at radius 2 is 1.78 bits per heavy atom. The van der Waals surface area contributed by atoms with Crippen LogP contribution in [0.2, 0.25) is 0 Å². The Labute approximate surface area is 164 Å². The standard InChI is InChI=1S/C21H25N3O2S/c1-15-7-5-8-16(2)21(15)23-19(25)13-22-20(26)14-24-11-6-12-27-18-10-4-3-9-17(18)24/h3-5,7-10H,6,11-14H2,1-2H3,(H,22,26)(H,23,25). The molecule has 0 unspecified atom stereocenters. The van der Waals surface area contributed by atoms with Crippen LogP contribution >= 0.6 is 11.8 Å². The summed E-state index contributed by atoms with van der Waals surface area (Å²) in [4.78, 5) is 27.9. The number of aryl methyl sites for hydroxylation is 2. The van der Waals surface area contributed by atoms with Crippen molar-refractivity contribution >= 4 is 35.0 Å². The van der Waals surface area contributed by atoms with Crippen molar-refractivity contribution in [1.82, 2.24) is 5.32 Å². The maximum Gasteiger partial charge on any atom is 0.243 e. The fourth-order valence-electron chi connectivity index (χ4n) is 3.17. The van der Waals surface area contributed by atoms with E-state index in [9.17, 15) is 9.59 Å². The third kappa shape index (κ3) is 5.04. The van der Waals surface area contributed by atoms with Gasteiger partial charge in [0.25, 0.3) is 0 Å². The first-order valence-electron chi connectivity index (χ1n) is 9.14. The molecule has 0 spiro atoms. The van der Waals surface area contributed by atoms with E-state index in [0.717, 1.165) is 41.2 Å². The monoisotopic (exact) mass is 383 g/mol. The maximum absolute atomic E-state index is 12.4. The molecule has 0 saturated carbocycles. The molecule has 0 fully saturated rings. The van der Waals surface area contributed by atoms with Crippen LogP contribution in [0, 0.1) is 13.8 Å². The average molecular weight is 384 g/mol. The Morgan fingerprint density at radius 1 is 1.04 bits per heavy atom. The zero-order valence-corrected chi connectivity index (χ0v) is 16.6. The first kappa shape index (κ1) is 19.3. The van der Waals surface area contributed by atoms with Gasteiger partial charge in [0.05, 0.1) is 18.8 Å². The predicted molar refractivity (Wildman–Crippen MR) is 112 cm³/mol. The molecule has 2 aromatic carbocycles. The number of fused-ring (bicyclic) bond motifs is 1. The molecule has 0 saturated heterocycles. The summed E-state index contributed by atoms with van der Waals surface area (Å²) in [6, 6.07) is 14.0. The van der Waals surface area contributed by atoms with Gasteiger partial charge in [-0.15, -0.1) is 11.8 Å². The fourth-order valence-corrected chi connectivity index (χ4v) is 4.18. The van der Waals surface area contributed by atoms with Crippen molar-refractivity contribution in [1.29, 1.82) is 0 Å². The molecule has 5 nitrogen and oxygen atoms in total. The number of para-hydroxylation sites is 2. The van der Waals surface area contributed by atoms with Gasteiger partial charge in [0.15, 0.2) is 0 Å². The van der Waals surface area contributed by atoms with Gasteiger partial charge in [-0.3, -0.25) is 9.59 Å². The smallest absolute Gasteiger partial charge is 0.243 e. The third-order valence-electron chi connectivity index (χ3n) is 4.56. The van der Waals surface area contributed by atoms with Crippen molar-refractivity contribution in [2.24, 2.45) is 0 Å². The molecule has 1 aliphatic heterocycles. The molecule has 1 heterocycles. The molecule has 6 heteroatoms. The van der Waals surface area contributed by atoms with Gasteiger partial charge in [-0.25, -0.2) is 0 Å². The highest BCUT2D eigenvalue weighted by atomic mass is 32.2. The number of carbonyl (C=O) groups excluding carboxylic acids is 2. The molecule has 2 N–H and O–H groups in total. The molecule has 1 aliphatic rings. The Bertz CT molecular complexity index is 818. The van der Waals surface area contributed by atoms with Gasteiger partial charge in [0.1, 0.15) is 0 Å². The predicted octanol–water partition coefficient (Wildman–Crippen LogP) is 3.36. The van der Waals surface area contributed by atoms with Crippen molar-refractivity contribution in [2.75, 3.05) is 35.6 Å². The molecule has 2 aromatic rings. The van der Waals surface area contributed by atoms with Crippen molar-refractivity contribution in [3.05, 3.63) is 53.6 Å². The highest BCUT2D eigenvalue weighted by molar-refractivity contribution is 7.99. The normalized spacial score (nSPS) is 13.5. The zero-order chi connectivity index (χ0) is 19.2. The van der Waals surface area contributed by atoms with Crippen molar-refractivity contribution in [2.45, 2.75) is 25.2 Å². The number of hydrogen-bond acceptors (Lipinski definition) is 4. The number of carbonyl (C=O) groups is 2. The van der Waals surface area contributed by atoms with E-state index in [2.05, 4.69) is 27.7 Å². The maximum atomic E-state index is 12.4. The summed E-state index contributed by atoms with van der Waals surface area (Å²) in [5.41, 5.74) is 3.92. The molecule has 0 aromatic heterocycles. The van der Waals surface area contributed by atoms with Gasteiger partial charge in [-0.2, -0.15) is 0 Å². The molecule has 0 radical (unpaired) electrons. The Hall–Kier alpha value is -2.47. The number of anilines is 2. The summed E-state index contributed by atoms with van der Waals surface area (Å²) in [5, 5.41) is 5.63. The second-order valence-electron chi connectivity index (χ2n) is 6.68. The van der Waals surface area contributed by atoms with Crippen LogP contribution < -0.4 is 15.5 Å². The second kappa shape index (κ2) is 8.95. The SMILES string of the molecule is Cc1cccc(C)c1NC(=O)CNC(=O)CN1CCCSc2ccccc21. The van der Waals surface area contributed by atoms with Gasteiger partial charge >= 0.3 is 0 Å². The second-order valence-corrected chi connectivity index (χ2v) is 7.82. The highest BCUT2D eigenvalue weighted by Gasteiger charge is 2.18. The number of nitrogens with zero attached hydrogens (tertiary/aromatic N) is 1. The molecule has 0 aliphatic carbocycles. The van der Waals surface area contributed by atoms with Crippen LogP contribution in [0.1, 0.15) is 17.5 Å². The first-order chi connectivity index (χ1) is 13.0. The molecule has 0 bridgehead atoms. The van der Waals surface area contributed by atoms with Crippen LogP contribution in [0.15, 0.2) is 47.4 Å². The highest BCUT2D eigenvalue weighted by Crippen LogP contribution is 2.33. The Balaban J connectivity index is 1.55. The summed E-state index contributed by atoms with van der Waals surface area (Å²) in [5.74, 6) is 0.689. The van der Waals surface area contributed by atoms with Crippen LogP contribution in [-0.4, -0.2) is 37.2 Å². The average Bonchev–Trinajstić information content (AvgIpc) is 2.86. The van der Waals surface area contributed by atoms with Crippen molar-refractivity contribution in [3.63, 3.8) is 0 Å². The topological polar surface area (TPSA) is 61.4 Å². The van der Waals surface area contributed by atoms with E-state index in [1.165, 1.54) is 4.90 Å². The van der Waals surface area contributed by atoms with E-state index in [0.29, 0.717) is 0 Å². The quantitative estimate of drug-likeness (QED) is 0.831. The van der Waals surface area contributed by atoms with E-state index >= 15 is 0 Å². The fraction of sp³-hybridized carbons (Fsp3) is 0.333. The van der Waals surface area contributed by atoms with Crippen molar-refractivity contribution < 1.29 is 9.59 Å². The number of hydrogen-bond donors (Lipinski definition) is 2. The molecule has 2 amide bonds. The molecule has 142 valence electrons. The van der Waals surface area contributed by atoms with Gasteiger partial charge < -0.3 is 15.5 Å². The van der Waals surface area contributed by atoms with E-state index in [-0.39, 0.29) is 24.9 Å². The first-order valence-corrected chi connectivity index (χ1v) is 10.1. The van der Waals surface area contributed by atoms with Crippen LogP contribution in [-0.2, 0) is 9.59 Å². The van der Waals surface area contributed by atoms with Crippen LogP contribution in [0.4, 0.5) is 11.4 Å². The number of amides is 2. The lowest BCUT2D eigenvalue weighted by molar-refractivity contribution is -0.123. The molecule has 0 atom stereocenters. The summed E-state index contributed by atoms with van der Waals surface area (Å²) < 4.78 is 0. The number of nitrogens with one attached hydrogen (secondary N) is 2. The van der Waals surface area contributed by atoms with E-state index < -0.39 is 0 Å². The minimum absolute atomic E-state index is 0.0309. The minimum atomic E-state index is -0.215. The lowest BCUT2D eigenvalue weighted by atomic mass is 10.1. The van der Waals surface area contributed by atoms with Gasteiger partial charge in [0.2, 0.25) is 11.8 Å². The van der Waals surface area contributed by atoms with Crippen LogP contribution in [0.3, 0.4) is 0 Å².